The predicted octanol–water partition coefficient (Wildman–Crippen LogP) is 4.23. The number of aromatic nitrogens is 2. The van der Waals surface area contributed by atoms with Crippen molar-refractivity contribution >= 4 is 34.0 Å². The molecule has 0 radical (unpaired) electrons. The minimum Gasteiger partial charge on any atom is -0.477 e. The van der Waals surface area contributed by atoms with Crippen molar-refractivity contribution in [2.45, 2.75) is 6.42 Å². The quantitative estimate of drug-likeness (QED) is 0.670. The first-order valence-corrected chi connectivity index (χ1v) is 9.30. The van der Waals surface area contributed by atoms with Crippen molar-refractivity contribution in [2.24, 2.45) is 5.92 Å². The molecule has 1 unspecified atom stereocenters. The highest BCUT2D eigenvalue weighted by molar-refractivity contribution is 6.34. The zero-order chi connectivity index (χ0) is 20.4. The molecule has 9 heteroatoms. The maximum atomic E-state index is 14.8. The SMILES string of the molecule is O=C(Nc1cc(F)c2c(OCC3CCOC3)nccc2c1)c1ncc(F)cc1Cl. The Bertz CT molecular complexity index is 1070. The maximum absolute atomic E-state index is 14.8. The first-order chi connectivity index (χ1) is 14.0. The fourth-order valence-electron chi connectivity index (χ4n) is 3.10. The molecule has 6 nitrogen and oxygen atoms in total. The molecule has 0 spiro atoms. The predicted molar refractivity (Wildman–Crippen MR) is 103 cm³/mol. The van der Waals surface area contributed by atoms with Crippen LogP contribution in [0.1, 0.15) is 16.9 Å². The number of nitrogens with one attached hydrogen (secondary N) is 1. The largest absolute Gasteiger partial charge is 0.477 e. The molecule has 1 aliphatic heterocycles. The third-order valence-electron chi connectivity index (χ3n) is 4.54. The van der Waals surface area contributed by atoms with Crippen LogP contribution in [0, 0.1) is 17.6 Å². The molecule has 1 N–H and O–H groups in total. The Morgan fingerprint density at radius 2 is 2.17 bits per heavy atom. The van der Waals surface area contributed by atoms with E-state index in [1.54, 1.807) is 12.1 Å². The van der Waals surface area contributed by atoms with Gasteiger partial charge in [0, 0.05) is 24.4 Å². The van der Waals surface area contributed by atoms with Gasteiger partial charge in [0.2, 0.25) is 5.88 Å². The zero-order valence-electron chi connectivity index (χ0n) is 15.1. The van der Waals surface area contributed by atoms with E-state index < -0.39 is 17.5 Å². The summed E-state index contributed by atoms with van der Waals surface area (Å²) in [5.74, 6) is -1.50. The molecule has 0 saturated carbocycles. The number of hydrogen-bond donors (Lipinski definition) is 1. The van der Waals surface area contributed by atoms with Gasteiger partial charge in [-0.25, -0.2) is 18.7 Å². The normalized spacial score (nSPS) is 16.2. The van der Waals surface area contributed by atoms with E-state index in [4.69, 9.17) is 21.1 Å². The lowest BCUT2D eigenvalue weighted by atomic mass is 10.1. The Kier molecular flexibility index (Phi) is 5.55. The van der Waals surface area contributed by atoms with Gasteiger partial charge in [-0.2, -0.15) is 0 Å². The van der Waals surface area contributed by atoms with Crippen LogP contribution in [0.25, 0.3) is 10.8 Å². The fraction of sp³-hybridized carbons (Fsp3) is 0.250. The first-order valence-electron chi connectivity index (χ1n) is 8.92. The molecule has 150 valence electrons. The van der Waals surface area contributed by atoms with E-state index in [9.17, 15) is 13.6 Å². The molecule has 2 aromatic heterocycles. The van der Waals surface area contributed by atoms with Crippen LogP contribution in [0.15, 0.2) is 36.7 Å². The second-order valence-corrected chi connectivity index (χ2v) is 7.06. The van der Waals surface area contributed by atoms with Gasteiger partial charge in [-0.05, 0) is 36.1 Å². The van der Waals surface area contributed by atoms with E-state index in [1.165, 1.54) is 6.20 Å². The monoisotopic (exact) mass is 419 g/mol. The zero-order valence-corrected chi connectivity index (χ0v) is 15.9. The molecule has 1 aromatic carbocycles. The number of benzene rings is 1. The number of ether oxygens (including phenoxy) is 2. The summed E-state index contributed by atoms with van der Waals surface area (Å²) in [5, 5.41) is 3.11. The van der Waals surface area contributed by atoms with Crippen LogP contribution >= 0.6 is 11.6 Å². The lowest BCUT2D eigenvalue weighted by Gasteiger charge is -2.13. The van der Waals surface area contributed by atoms with Gasteiger partial charge in [0.1, 0.15) is 17.3 Å². The van der Waals surface area contributed by atoms with Crippen LogP contribution in [0.2, 0.25) is 5.02 Å². The Morgan fingerprint density at radius 3 is 2.93 bits per heavy atom. The van der Waals surface area contributed by atoms with Crippen LogP contribution < -0.4 is 10.1 Å². The fourth-order valence-corrected chi connectivity index (χ4v) is 3.34. The third-order valence-corrected chi connectivity index (χ3v) is 4.83. The number of halogens is 3. The number of fused-ring (bicyclic) bond motifs is 1. The van der Waals surface area contributed by atoms with Crippen LogP contribution in [0.3, 0.4) is 0 Å². The number of carbonyl (C=O) groups excluding carboxylic acids is 1. The van der Waals surface area contributed by atoms with Crippen LogP contribution in [-0.4, -0.2) is 35.7 Å². The molecule has 1 atom stereocenters. The third kappa shape index (κ3) is 4.28. The number of rotatable bonds is 5. The molecular formula is C20H16ClF2N3O3. The smallest absolute Gasteiger partial charge is 0.275 e. The van der Waals surface area contributed by atoms with Gasteiger partial charge in [0.15, 0.2) is 0 Å². The van der Waals surface area contributed by atoms with Gasteiger partial charge in [0.25, 0.3) is 5.91 Å². The summed E-state index contributed by atoms with van der Waals surface area (Å²) in [6, 6.07) is 5.34. The van der Waals surface area contributed by atoms with E-state index in [-0.39, 0.29) is 33.6 Å². The van der Waals surface area contributed by atoms with Gasteiger partial charge in [-0.1, -0.05) is 11.6 Å². The minimum absolute atomic E-state index is 0.139. The average molecular weight is 420 g/mol. The van der Waals surface area contributed by atoms with Gasteiger partial charge < -0.3 is 14.8 Å². The van der Waals surface area contributed by atoms with Crippen molar-refractivity contribution in [2.75, 3.05) is 25.1 Å². The summed E-state index contributed by atoms with van der Waals surface area (Å²) in [4.78, 5) is 20.2. The van der Waals surface area contributed by atoms with E-state index in [1.807, 2.05) is 0 Å². The molecule has 1 saturated heterocycles. The Hall–Kier alpha value is -2.84. The van der Waals surface area contributed by atoms with Gasteiger partial charge >= 0.3 is 0 Å². The molecule has 3 aromatic rings. The molecule has 29 heavy (non-hydrogen) atoms. The van der Waals surface area contributed by atoms with Crippen LogP contribution in [0.5, 0.6) is 5.88 Å². The summed E-state index contributed by atoms with van der Waals surface area (Å²) >= 11 is 5.86. The highest BCUT2D eigenvalue weighted by atomic mass is 35.5. The number of anilines is 1. The standard InChI is InChI=1S/C20H16ClF2N3O3/c21-15-6-13(22)8-25-18(15)19(27)26-14-5-12-1-3-24-20(17(12)16(23)7-14)29-10-11-2-4-28-9-11/h1,3,5-8,11H,2,4,9-10H2,(H,26,27). The minimum atomic E-state index is -0.680. The van der Waals surface area contributed by atoms with Crippen molar-refractivity contribution < 1.29 is 23.0 Å². The molecule has 0 aliphatic carbocycles. The highest BCUT2D eigenvalue weighted by Gasteiger charge is 2.19. The van der Waals surface area contributed by atoms with Crippen LogP contribution in [0.4, 0.5) is 14.5 Å². The number of nitrogens with zero attached hydrogens (tertiary/aromatic N) is 2. The average Bonchev–Trinajstić information content (AvgIpc) is 3.19. The second kappa shape index (κ2) is 8.26. The molecule has 1 amide bonds. The number of amides is 1. The lowest BCUT2D eigenvalue weighted by Crippen LogP contribution is -2.15. The summed E-state index contributed by atoms with van der Waals surface area (Å²) in [5.41, 5.74) is 0.0367. The van der Waals surface area contributed by atoms with Crippen LogP contribution in [-0.2, 0) is 4.74 Å². The topological polar surface area (TPSA) is 73.3 Å². The maximum Gasteiger partial charge on any atom is 0.275 e. The molecule has 1 aliphatic rings. The van der Waals surface area contributed by atoms with E-state index >= 15 is 0 Å². The molecule has 3 heterocycles. The number of hydrogen-bond acceptors (Lipinski definition) is 5. The summed E-state index contributed by atoms with van der Waals surface area (Å²) in [6.07, 6.45) is 3.28. The summed E-state index contributed by atoms with van der Waals surface area (Å²) in [7, 11) is 0. The number of carbonyl (C=O) groups is 1. The lowest BCUT2D eigenvalue weighted by molar-refractivity contribution is 0.102. The Balaban J connectivity index is 1.57. The van der Waals surface area contributed by atoms with Crippen molar-refractivity contribution in [3.63, 3.8) is 0 Å². The van der Waals surface area contributed by atoms with Crippen molar-refractivity contribution in [3.05, 3.63) is 59.0 Å². The highest BCUT2D eigenvalue weighted by Crippen LogP contribution is 2.30. The summed E-state index contributed by atoms with van der Waals surface area (Å²) in [6.45, 7) is 1.70. The van der Waals surface area contributed by atoms with E-state index in [2.05, 4.69) is 15.3 Å². The molecular weight excluding hydrogens is 404 g/mol. The van der Waals surface area contributed by atoms with Crippen molar-refractivity contribution in [1.82, 2.24) is 9.97 Å². The van der Waals surface area contributed by atoms with Gasteiger partial charge in [0.05, 0.1) is 29.8 Å². The van der Waals surface area contributed by atoms with E-state index in [0.29, 0.717) is 25.2 Å². The van der Waals surface area contributed by atoms with Crippen molar-refractivity contribution in [3.8, 4) is 5.88 Å². The first kappa shape index (κ1) is 19.5. The Morgan fingerprint density at radius 1 is 1.31 bits per heavy atom. The van der Waals surface area contributed by atoms with E-state index in [0.717, 1.165) is 24.8 Å². The van der Waals surface area contributed by atoms with Crippen molar-refractivity contribution in [1.29, 1.82) is 0 Å². The van der Waals surface area contributed by atoms with Gasteiger partial charge in [-0.15, -0.1) is 0 Å². The second-order valence-electron chi connectivity index (χ2n) is 6.65. The Labute approximate surface area is 169 Å². The summed E-state index contributed by atoms with van der Waals surface area (Å²) < 4.78 is 38.9. The van der Waals surface area contributed by atoms with Gasteiger partial charge in [-0.3, -0.25) is 4.79 Å². The molecule has 1 fully saturated rings. The molecule has 4 rings (SSSR count). The number of pyridine rings is 2. The molecule has 0 bridgehead atoms.